The molecule has 7 heteroatoms. The molecule has 132 valence electrons. The molecule has 2 aromatic rings. The largest absolute Gasteiger partial charge is 0.462 e. The molecule has 0 aliphatic carbocycles. The quantitative estimate of drug-likeness (QED) is 0.716. The highest BCUT2D eigenvalue weighted by Gasteiger charge is 2.13. The van der Waals surface area contributed by atoms with Crippen molar-refractivity contribution in [3.63, 3.8) is 0 Å². The molecule has 0 aliphatic rings. The van der Waals surface area contributed by atoms with Gasteiger partial charge in [-0.1, -0.05) is 23.7 Å². The average Bonchev–Trinajstić information content (AvgIpc) is 2.58. The number of halogens is 2. The molecule has 25 heavy (non-hydrogen) atoms. The summed E-state index contributed by atoms with van der Waals surface area (Å²) in [5.41, 5.74) is 1.62. The highest BCUT2D eigenvalue weighted by atomic mass is 35.5. The molecule has 0 radical (unpaired) electrons. The molecule has 1 amide bonds. The molecule has 0 aromatic heterocycles. The maximum Gasteiger partial charge on any atom is 0.339 e. The predicted octanol–water partition coefficient (Wildman–Crippen LogP) is 4.53. The van der Waals surface area contributed by atoms with Crippen molar-refractivity contribution in [2.45, 2.75) is 12.7 Å². The van der Waals surface area contributed by atoms with Crippen molar-refractivity contribution in [1.82, 2.24) is 0 Å². The first-order valence-corrected chi connectivity index (χ1v) is 9.11. The Balaban J connectivity index is 1.88. The number of anilines is 1. The van der Waals surface area contributed by atoms with Crippen LogP contribution in [-0.4, -0.2) is 24.2 Å². The van der Waals surface area contributed by atoms with E-state index in [1.807, 2.05) is 0 Å². The van der Waals surface area contributed by atoms with Crippen LogP contribution in [0.5, 0.6) is 0 Å². The number of thioether (sulfide) groups is 1. The van der Waals surface area contributed by atoms with Crippen LogP contribution in [0.15, 0.2) is 42.5 Å². The zero-order chi connectivity index (χ0) is 18.2. The Kier molecular flexibility index (Phi) is 7.28. The van der Waals surface area contributed by atoms with Gasteiger partial charge in [-0.2, -0.15) is 0 Å². The molecule has 0 saturated carbocycles. The van der Waals surface area contributed by atoms with Gasteiger partial charge in [-0.25, -0.2) is 9.18 Å². The van der Waals surface area contributed by atoms with E-state index in [1.54, 1.807) is 25.1 Å². The van der Waals surface area contributed by atoms with Crippen LogP contribution in [0.1, 0.15) is 22.8 Å². The normalized spacial score (nSPS) is 10.4. The molecule has 0 spiro atoms. The SMILES string of the molecule is CCOC(=O)c1cc(NC(=O)CSCc2ccc(F)cc2)ccc1Cl. The molecular weight excluding hydrogens is 365 g/mol. The minimum absolute atomic E-state index is 0.204. The summed E-state index contributed by atoms with van der Waals surface area (Å²) in [6, 6.07) is 10.8. The molecule has 1 N–H and O–H groups in total. The van der Waals surface area contributed by atoms with Gasteiger partial charge >= 0.3 is 5.97 Å². The van der Waals surface area contributed by atoms with E-state index in [-0.39, 0.29) is 34.7 Å². The number of hydrogen-bond donors (Lipinski definition) is 1. The minimum atomic E-state index is -0.533. The number of hydrogen-bond acceptors (Lipinski definition) is 4. The van der Waals surface area contributed by atoms with Crippen molar-refractivity contribution in [1.29, 1.82) is 0 Å². The lowest BCUT2D eigenvalue weighted by Gasteiger charge is -2.09. The van der Waals surface area contributed by atoms with E-state index in [4.69, 9.17) is 16.3 Å². The van der Waals surface area contributed by atoms with E-state index in [0.29, 0.717) is 11.4 Å². The van der Waals surface area contributed by atoms with E-state index >= 15 is 0 Å². The lowest BCUT2D eigenvalue weighted by atomic mass is 10.2. The van der Waals surface area contributed by atoms with Gasteiger partial charge in [0.1, 0.15) is 5.82 Å². The van der Waals surface area contributed by atoms with E-state index in [1.165, 1.54) is 36.0 Å². The van der Waals surface area contributed by atoms with E-state index in [2.05, 4.69) is 5.32 Å². The molecule has 0 saturated heterocycles. The summed E-state index contributed by atoms with van der Waals surface area (Å²) in [6.07, 6.45) is 0. The Morgan fingerprint density at radius 1 is 1.20 bits per heavy atom. The van der Waals surface area contributed by atoms with E-state index < -0.39 is 5.97 Å². The van der Waals surface area contributed by atoms with Crippen molar-refractivity contribution in [3.8, 4) is 0 Å². The number of ether oxygens (including phenoxy) is 1. The number of carbonyl (C=O) groups is 2. The van der Waals surface area contributed by atoms with Crippen LogP contribution in [-0.2, 0) is 15.3 Å². The number of carbonyl (C=O) groups excluding carboxylic acids is 2. The fourth-order valence-electron chi connectivity index (χ4n) is 2.01. The number of benzene rings is 2. The highest BCUT2D eigenvalue weighted by molar-refractivity contribution is 7.99. The van der Waals surface area contributed by atoms with Gasteiger partial charge in [-0.15, -0.1) is 11.8 Å². The molecule has 0 aliphatic heterocycles. The van der Waals surface area contributed by atoms with Crippen molar-refractivity contribution in [3.05, 3.63) is 64.4 Å². The van der Waals surface area contributed by atoms with Crippen molar-refractivity contribution in [2.24, 2.45) is 0 Å². The van der Waals surface area contributed by atoms with Gasteiger partial charge in [-0.3, -0.25) is 4.79 Å². The van der Waals surface area contributed by atoms with Gasteiger partial charge in [0.15, 0.2) is 0 Å². The van der Waals surface area contributed by atoms with Crippen LogP contribution in [0.2, 0.25) is 5.02 Å². The Bertz CT molecular complexity index is 752. The molecular formula is C18H17ClFNO3S. The molecule has 0 fully saturated rings. The highest BCUT2D eigenvalue weighted by Crippen LogP contribution is 2.22. The molecule has 2 rings (SSSR count). The van der Waals surface area contributed by atoms with Crippen molar-refractivity contribution in [2.75, 3.05) is 17.7 Å². The topological polar surface area (TPSA) is 55.4 Å². The smallest absolute Gasteiger partial charge is 0.339 e. The van der Waals surface area contributed by atoms with E-state index in [0.717, 1.165) is 5.56 Å². The van der Waals surface area contributed by atoms with Gasteiger partial charge in [0.05, 0.1) is 22.9 Å². The maximum atomic E-state index is 12.8. The number of nitrogens with one attached hydrogen (secondary N) is 1. The summed E-state index contributed by atoms with van der Waals surface area (Å²) < 4.78 is 17.8. The Hall–Kier alpha value is -2.05. The zero-order valence-electron chi connectivity index (χ0n) is 13.6. The minimum Gasteiger partial charge on any atom is -0.462 e. The molecule has 0 unspecified atom stereocenters. The van der Waals surface area contributed by atoms with Crippen LogP contribution >= 0.6 is 23.4 Å². The second-order valence-electron chi connectivity index (χ2n) is 5.08. The predicted molar refractivity (Wildman–Crippen MR) is 98.6 cm³/mol. The van der Waals surface area contributed by atoms with Crippen LogP contribution < -0.4 is 5.32 Å². The monoisotopic (exact) mass is 381 g/mol. The van der Waals surface area contributed by atoms with Gasteiger partial charge < -0.3 is 10.1 Å². The molecule has 2 aromatic carbocycles. The summed E-state index contributed by atoms with van der Waals surface area (Å²) in [5.74, 6) is -0.193. The lowest BCUT2D eigenvalue weighted by Crippen LogP contribution is -2.15. The fraction of sp³-hybridized carbons (Fsp3) is 0.222. The van der Waals surface area contributed by atoms with Gasteiger partial charge in [0.2, 0.25) is 5.91 Å². The van der Waals surface area contributed by atoms with Crippen LogP contribution in [0.4, 0.5) is 10.1 Å². The molecule has 0 atom stereocenters. The number of amides is 1. The Morgan fingerprint density at radius 3 is 2.60 bits per heavy atom. The lowest BCUT2D eigenvalue weighted by molar-refractivity contribution is -0.113. The van der Waals surface area contributed by atoms with E-state index in [9.17, 15) is 14.0 Å². The van der Waals surface area contributed by atoms with Gasteiger partial charge in [0.25, 0.3) is 0 Å². The van der Waals surface area contributed by atoms with Crippen molar-refractivity contribution >= 4 is 40.9 Å². The van der Waals surface area contributed by atoms with Crippen LogP contribution in [0.3, 0.4) is 0 Å². The molecule has 0 bridgehead atoms. The zero-order valence-corrected chi connectivity index (χ0v) is 15.1. The number of rotatable bonds is 7. The summed E-state index contributed by atoms with van der Waals surface area (Å²) in [7, 11) is 0. The number of esters is 1. The van der Waals surface area contributed by atoms with Crippen LogP contribution in [0.25, 0.3) is 0 Å². The first-order valence-electron chi connectivity index (χ1n) is 7.58. The second-order valence-corrected chi connectivity index (χ2v) is 6.48. The Morgan fingerprint density at radius 2 is 1.92 bits per heavy atom. The van der Waals surface area contributed by atoms with Crippen LogP contribution in [0, 0.1) is 5.82 Å². The average molecular weight is 382 g/mol. The first kappa shape index (κ1) is 19.3. The summed E-state index contributed by atoms with van der Waals surface area (Å²) in [4.78, 5) is 23.8. The molecule has 0 heterocycles. The van der Waals surface area contributed by atoms with Gasteiger partial charge in [0, 0.05) is 11.4 Å². The standard InChI is InChI=1S/C18H17ClFNO3S/c1-2-24-18(23)15-9-14(7-8-16(15)19)21-17(22)11-25-10-12-3-5-13(20)6-4-12/h3-9H,2,10-11H2,1H3,(H,21,22). The third-order valence-electron chi connectivity index (χ3n) is 3.16. The molecule has 4 nitrogen and oxygen atoms in total. The third-order valence-corrected chi connectivity index (χ3v) is 4.49. The third kappa shape index (κ3) is 6.07. The van der Waals surface area contributed by atoms with Crippen molar-refractivity contribution < 1.29 is 18.7 Å². The maximum absolute atomic E-state index is 12.8. The summed E-state index contributed by atoms with van der Waals surface area (Å²) >= 11 is 7.39. The summed E-state index contributed by atoms with van der Waals surface area (Å²) in [5, 5.41) is 2.98. The second kappa shape index (κ2) is 9.44. The Labute approximate surface area is 154 Å². The van der Waals surface area contributed by atoms with Gasteiger partial charge in [-0.05, 0) is 42.8 Å². The fourth-order valence-corrected chi connectivity index (χ4v) is 2.99. The first-order chi connectivity index (χ1) is 12.0. The summed E-state index contributed by atoms with van der Waals surface area (Å²) in [6.45, 7) is 1.95.